The van der Waals surface area contributed by atoms with Gasteiger partial charge in [-0.3, -0.25) is 14.4 Å². The van der Waals surface area contributed by atoms with Crippen molar-refractivity contribution in [1.82, 2.24) is 5.32 Å². The van der Waals surface area contributed by atoms with Crippen LogP contribution in [0.25, 0.3) is 0 Å². The van der Waals surface area contributed by atoms with Crippen molar-refractivity contribution in [3.8, 4) is 0 Å². The third-order valence-electron chi connectivity index (χ3n) is 3.13. The lowest BCUT2D eigenvalue weighted by Crippen LogP contribution is -2.24. The number of amides is 1. The topological polar surface area (TPSA) is 83.5 Å². The van der Waals surface area contributed by atoms with Crippen LogP contribution in [0, 0.1) is 5.82 Å². The molecule has 1 aromatic rings. The van der Waals surface area contributed by atoms with Gasteiger partial charge in [0.1, 0.15) is 5.82 Å². The zero-order chi connectivity index (χ0) is 16.4. The predicted molar refractivity (Wildman–Crippen MR) is 79.1 cm³/mol. The summed E-state index contributed by atoms with van der Waals surface area (Å²) in [7, 11) is 0. The van der Waals surface area contributed by atoms with E-state index < -0.39 is 11.8 Å². The smallest absolute Gasteiger partial charge is 0.303 e. The molecule has 1 aromatic carbocycles. The van der Waals surface area contributed by atoms with E-state index in [0.29, 0.717) is 24.9 Å². The number of halogens is 1. The van der Waals surface area contributed by atoms with Crippen molar-refractivity contribution in [1.29, 1.82) is 0 Å². The van der Waals surface area contributed by atoms with E-state index in [1.54, 1.807) is 0 Å². The zero-order valence-electron chi connectivity index (χ0n) is 12.3. The first kappa shape index (κ1) is 17.8. The number of Topliss-reactive ketones (excluding diaryl/α,β-unsaturated/α-hetero) is 1. The molecule has 0 bridgehead atoms. The van der Waals surface area contributed by atoms with Crippen molar-refractivity contribution >= 4 is 17.7 Å². The molecule has 0 heterocycles. The summed E-state index contributed by atoms with van der Waals surface area (Å²) >= 11 is 0. The molecular formula is C16H20FNO4. The highest BCUT2D eigenvalue weighted by atomic mass is 19.1. The first-order chi connectivity index (χ1) is 10.5. The van der Waals surface area contributed by atoms with Gasteiger partial charge in [-0.2, -0.15) is 0 Å². The number of hydrogen-bond acceptors (Lipinski definition) is 3. The van der Waals surface area contributed by atoms with Crippen LogP contribution >= 0.6 is 0 Å². The number of carbonyl (C=O) groups excluding carboxylic acids is 2. The van der Waals surface area contributed by atoms with Gasteiger partial charge in [-0.25, -0.2) is 4.39 Å². The Balaban J connectivity index is 2.13. The lowest BCUT2D eigenvalue weighted by molar-refractivity contribution is -0.137. The number of nitrogens with one attached hydrogen (secondary N) is 1. The number of rotatable bonds is 10. The lowest BCUT2D eigenvalue weighted by Gasteiger charge is -2.05. The Morgan fingerprint density at radius 3 is 2.27 bits per heavy atom. The molecule has 0 aromatic heterocycles. The monoisotopic (exact) mass is 309 g/mol. The molecule has 1 rings (SSSR count). The number of aliphatic carboxylic acids is 1. The van der Waals surface area contributed by atoms with Crippen LogP contribution in [0.1, 0.15) is 48.9 Å². The molecule has 0 saturated carbocycles. The normalized spacial score (nSPS) is 10.2. The van der Waals surface area contributed by atoms with Gasteiger partial charge in [0.05, 0.1) is 0 Å². The SMILES string of the molecule is O=C(O)CCCCCNC(=O)CCC(=O)c1ccc(F)cc1. The molecule has 0 aliphatic carbocycles. The molecular weight excluding hydrogens is 289 g/mol. The number of ketones is 1. The van der Waals surface area contributed by atoms with Crippen LogP contribution in [-0.4, -0.2) is 29.3 Å². The van der Waals surface area contributed by atoms with Crippen molar-refractivity contribution in [2.75, 3.05) is 6.54 Å². The van der Waals surface area contributed by atoms with Gasteiger partial charge in [0.15, 0.2) is 5.78 Å². The van der Waals surface area contributed by atoms with Gasteiger partial charge >= 0.3 is 5.97 Å². The third-order valence-corrected chi connectivity index (χ3v) is 3.13. The summed E-state index contributed by atoms with van der Waals surface area (Å²) in [5.74, 6) is -1.63. The molecule has 0 aliphatic heterocycles. The number of unbranched alkanes of at least 4 members (excludes halogenated alkanes) is 2. The fourth-order valence-electron chi connectivity index (χ4n) is 1.90. The van der Waals surface area contributed by atoms with Gasteiger partial charge in [-0.1, -0.05) is 6.42 Å². The van der Waals surface area contributed by atoms with E-state index in [4.69, 9.17) is 5.11 Å². The molecule has 0 radical (unpaired) electrons. The maximum atomic E-state index is 12.7. The van der Waals surface area contributed by atoms with Crippen LogP contribution < -0.4 is 5.32 Å². The van der Waals surface area contributed by atoms with Crippen LogP contribution in [0.3, 0.4) is 0 Å². The minimum Gasteiger partial charge on any atom is -0.481 e. The van der Waals surface area contributed by atoms with Crippen LogP contribution in [0.4, 0.5) is 4.39 Å². The molecule has 1 amide bonds. The second-order valence-corrected chi connectivity index (χ2v) is 4.98. The van der Waals surface area contributed by atoms with Crippen molar-refractivity contribution in [2.45, 2.75) is 38.5 Å². The molecule has 120 valence electrons. The Morgan fingerprint density at radius 2 is 1.64 bits per heavy atom. The number of benzene rings is 1. The van der Waals surface area contributed by atoms with Crippen molar-refractivity contribution in [3.63, 3.8) is 0 Å². The third kappa shape index (κ3) is 7.52. The van der Waals surface area contributed by atoms with E-state index in [9.17, 15) is 18.8 Å². The molecule has 22 heavy (non-hydrogen) atoms. The molecule has 0 atom stereocenters. The van der Waals surface area contributed by atoms with E-state index in [1.165, 1.54) is 24.3 Å². The fraction of sp³-hybridized carbons (Fsp3) is 0.438. The van der Waals surface area contributed by atoms with Crippen molar-refractivity contribution in [2.24, 2.45) is 0 Å². The number of carboxylic acids is 1. The molecule has 5 nitrogen and oxygen atoms in total. The van der Waals surface area contributed by atoms with Crippen LogP contribution in [0.5, 0.6) is 0 Å². The summed E-state index contributed by atoms with van der Waals surface area (Å²) in [6.07, 6.45) is 2.35. The molecule has 0 saturated heterocycles. The molecule has 0 unspecified atom stereocenters. The van der Waals surface area contributed by atoms with Crippen LogP contribution in [-0.2, 0) is 9.59 Å². The van der Waals surface area contributed by atoms with E-state index in [1.807, 2.05) is 0 Å². The molecule has 6 heteroatoms. The van der Waals surface area contributed by atoms with Gasteiger partial charge in [-0.15, -0.1) is 0 Å². The Morgan fingerprint density at radius 1 is 0.955 bits per heavy atom. The summed E-state index contributed by atoms with van der Waals surface area (Å²) < 4.78 is 12.7. The summed E-state index contributed by atoms with van der Waals surface area (Å²) in [6.45, 7) is 0.475. The average molecular weight is 309 g/mol. The van der Waals surface area contributed by atoms with Crippen molar-refractivity contribution in [3.05, 3.63) is 35.6 Å². The van der Waals surface area contributed by atoms with Crippen LogP contribution in [0.2, 0.25) is 0 Å². The minimum atomic E-state index is -0.816. The summed E-state index contributed by atoms with van der Waals surface area (Å²) in [6, 6.07) is 5.23. The minimum absolute atomic E-state index is 0.0798. The summed E-state index contributed by atoms with van der Waals surface area (Å²) in [5.41, 5.74) is 0.392. The summed E-state index contributed by atoms with van der Waals surface area (Å²) in [4.78, 5) is 33.6. The maximum absolute atomic E-state index is 12.7. The zero-order valence-corrected chi connectivity index (χ0v) is 12.3. The number of carboxylic acid groups (broad SMARTS) is 1. The number of hydrogen-bond donors (Lipinski definition) is 2. The van der Waals surface area contributed by atoms with E-state index in [-0.39, 0.29) is 31.0 Å². The van der Waals surface area contributed by atoms with Gasteiger partial charge in [0.2, 0.25) is 5.91 Å². The highest BCUT2D eigenvalue weighted by Crippen LogP contribution is 2.07. The highest BCUT2D eigenvalue weighted by molar-refractivity contribution is 5.97. The summed E-state index contributed by atoms with van der Waals surface area (Å²) in [5, 5.41) is 11.2. The quantitative estimate of drug-likeness (QED) is 0.514. The first-order valence-electron chi connectivity index (χ1n) is 7.26. The fourth-order valence-corrected chi connectivity index (χ4v) is 1.90. The van der Waals surface area contributed by atoms with E-state index in [0.717, 1.165) is 6.42 Å². The predicted octanol–water partition coefficient (Wildman–Crippen LogP) is 2.55. The first-order valence-corrected chi connectivity index (χ1v) is 7.26. The maximum Gasteiger partial charge on any atom is 0.303 e. The Labute approximate surface area is 128 Å². The van der Waals surface area contributed by atoms with Gasteiger partial charge in [-0.05, 0) is 37.1 Å². The average Bonchev–Trinajstić information content (AvgIpc) is 2.48. The molecule has 0 aliphatic rings. The molecule has 0 spiro atoms. The van der Waals surface area contributed by atoms with E-state index >= 15 is 0 Å². The standard InChI is InChI=1S/C16H20FNO4/c17-13-7-5-12(6-8-13)14(19)9-10-15(20)18-11-3-1-2-4-16(21)22/h5-8H,1-4,9-11H2,(H,18,20)(H,21,22). The van der Waals surface area contributed by atoms with Gasteiger partial charge in [0.25, 0.3) is 0 Å². The number of carbonyl (C=O) groups is 3. The molecule has 0 fully saturated rings. The Hall–Kier alpha value is -2.24. The Bertz CT molecular complexity index is 513. The second-order valence-electron chi connectivity index (χ2n) is 4.98. The largest absolute Gasteiger partial charge is 0.481 e. The van der Waals surface area contributed by atoms with Gasteiger partial charge in [0, 0.05) is 31.4 Å². The van der Waals surface area contributed by atoms with Crippen molar-refractivity contribution < 1.29 is 23.9 Å². The Kier molecular flexibility index (Phi) is 7.81. The lowest BCUT2D eigenvalue weighted by atomic mass is 10.1. The van der Waals surface area contributed by atoms with Gasteiger partial charge < -0.3 is 10.4 Å². The van der Waals surface area contributed by atoms with E-state index in [2.05, 4.69) is 5.32 Å². The highest BCUT2D eigenvalue weighted by Gasteiger charge is 2.09. The molecule has 2 N–H and O–H groups in total. The second kappa shape index (κ2) is 9.65. The van der Waals surface area contributed by atoms with Crippen LogP contribution in [0.15, 0.2) is 24.3 Å².